The number of halogens is 2. The molecule has 0 unspecified atom stereocenters. The molecule has 9 nitrogen and oxygen atoms in total. The van der Waals surface area contributed by atoms with E-state index in [-0.39, 0.29) is 34.6 Å². The van der Waals surface area contributed by atoms with Gasteiger partial charge in [0.05, 0.1) is 11.3 Å². The van der Waals surface area contributed by atoms with Crippen molar-refractivity contribution in [2.75, 3.05) is 10.6 Å². The first kappa shape index (κ1) is 31.9. The van der Waals surface area contributed by atoms with Crippen molar-refractivity contribution in [1.29, 1.82) is 0 Å². The summed E-state index contributed by atoms with van der Waals surface area (Å²) in [5, 5.41) is 10.5. The van der Waals surface area contributed by atoms with Crippen molar-refractivity contribution in [3.8, 4) is 16.9 Å². The zero-order chi connectivity index (χ0) is 33.7. The van der Waals surface area contributed by atoms with Crippen LogP contribution in [0.15, 0.2) is 71.7 Å². The first-order valence-electron chi connectivity index (χ1n) is 15.5. The lowest BCUT2D eigenvalue weighted by atomic mass is 9.80. The van der Waals surface area contributed by atoms with Crippen LogP contribution in [0.5, 0.6) is 0 Å². The second-order valence-corrected chi connectivity index (χ2v) is 13.5. The topological polar surface area (TPSA) is 114 Å². The molecule has 47 heavy (non-hydrogen) atoms. The number of aromatic nitrogens is 4. The smallest absolute Gasteiger partial charge is 0.257 e. The van der Waals surface area contributed by atoms with Crippen LogP contribution in [-0.2, 0) is 0 Å². The molecule has 242 valence electrons. The highest BCUT2D eigenvalue weighted by Gasteiger charge is 2.38. The minimum Gasteiger partial charge on any atom is -0.351 e. The van der Waals surface area contributed by atoms with E-state index < -0.39 is 22.9 Å². The number of rotatable bonds is 6. The molecule has 3 aromatic heterocycles. The van der Waals surface area contributed by atoms with E-state index in [4.69, 9.17) is 9.97 Å². The molecule has 1 aliphatic rings. The number of amides is 1. The summed E-state index contributed by atoms with van der Waals surface area (Å²) in [6, 6.07) is 15.1. The predicted octanol–water partition coefficient (Wildman–Crippen LogP) is 6.71. The number of carbonyl (C=O) groups is 1. The van der Waals surface area contributed by atoms with Gasteiger partial charge in [-0.25, -0.2) is 13.8 Å². The number of carbonyl (C=O) groups excluding carboxylic acids is 1. The Morgan fingerprint density at radius 2 is 1.64 bits per heavy atom. The van der Waals surface area contributed by atoms with Gasteiger partial charge in [0.25, 0.3) is 11.5 Å². The van der Waals surface area contributed by atoms with Crippen LogP contribution in [0.3, 0.4) is 0 Å². The molecule has 3 N–H and O–H groups in total. The third-order valence-corrected chi connectivity index (χ3v) is 8.36. The lowest BCUT2D eigenvalue weighted by Gasteiger charge is -2.46. The van der Waals surface area contributed by atoms with Gasteiger partial charge in [0, 0.05) is 51.7 Å². The predicted molar refractivity (Wildman–Crippen MR) is 180 cm³/mol. The lowest BCUT2D eigenvalue weighted by Crippen LogP contribution is -2.60. The number of para-hydroxylation sites is 1. The second kappa shape index (κ2) is 12.0. The summed E-state index contributed by atoms with van der Waals surface area (Å²) < 4.78 is 31.4. The number of fused-ring (bicyclic) bond motifs is 1. The van der Waals surface area contributed by atoms with E-state index in [1.165, 1.54) is 18.3 Å². The van der Waals surface area contributed by atoms with Crippen LogP contribution in [0.2, 0.25) is 0 Å². The number of nitrogens with one attached hydrogen (secondary N) is 3. The average Bonchev–Trinajstić information content (AvgIpc) is 2.97. The molecule has 1 amide bonds. The summed E-state index contributed by atoms with van der Waals surface area (Å²) in [6.45, 7) is 12.3. The molecule has 1 saturated heterocycles. The molecule has 0 spiro atoms. The highest BCUT2D eigenvalue weighted by atomic mass is 19.1. The Morgan fingerprint density at radius 3 is 2.30 bits per heavy atom. The summed E-state index contributed by atoms with van der Waals surface area (Å²) in [5.74, 6) is -1.92. The molecule has 0 saturated carbocycles. The van der Waals surface area contributed by atoms with E-state index >= 15 is 8.78 Å². The van der Waals surface area contributed by atoms with Gasteiger partial charge in [-0.2, -0.15) is 4.98 Å². The molecule has 1 fully saturated rings. The Kier molecular flexibility index (Phi) is 8.13. The minimum absolute atomic E-state index is 0.0426. The first-order chi connectivity index (χ1) is 22.2. The Balaban J connectivity index is 1.53. The van der Waals surface area contributed by atoms with Crippen LogP contribution in [0, 0.1) is 25.5 Å². The van der Waals surface area contributed by atoms with E-state index in [1.807, 2.05) is 19.9 Å². The number of nitrogens with zero attached hydrogens (tertiary/aromatic N) is 4. The maximum absolute atomic E-state index is 15.2. The van der Waals surface area contributed by atoms with Crippen LogP contribution < -0.4 is 21.5 Å². The molecular formula is C36H37F2N7O2. The summed E-state index contributed by atoms with van der Waals surface area (Å²) in [4.78, 5) is 40.3. The number of hydrogen-bond donors (Lipinski definition) is 3. The molecule has 5 aromatic rings. The van der Waals surface area contributed by atoms with Crippen LogP contribution in [-0.4, -0.2) is 42.5 Å². The minimum atomic E-state index is -0.900. The zero-order valence-electron chi connectivity index (χ0n) is 27.2. The molecule has 0 radical (unpaired) electrons. The van der Waals surface area contributed by atoms with Crippen LogP contribution in [0.1, 0.15) is 62.2 Å². The van der Waals surface area contributed by atoms with Gasteiger partial charge in [-0.1, -0.05) is 12.1 Å². The summed E-state index contributed by atoms with van der Waals surface area (Å²) in [7, 11) is 0. The number of piperidine rings is 1. The fraction of sp³-hybridized carbons (Fsp3) is 0.306. The SMILES string of the molecule is Cc1ccc(C(=O)Nc2ccc(C)c(-c3nc(NC4CC(C)(C)NC(C)(C)C4)nc4c3ccc(=O)n4-c3c(F)cccc3F)c2)cn1. The molecule has 1 aliphatic heterocycles. The Bertz CT molecular complexity index is 2040. The standard InChI is InChI=1S/C36H37F2N7O2/c1-20-10-13-23(40-33(47)22-12-11-21(2)39-19-22)16-26(20)30-25-14-15-29(46)45(31-27(37)8-7-9-28(31)38)32(25)43-34(42-30)41-24-17-35(3,4)44-36(5,6)18-24/h7-16,19,24,44H,17-18H2,1-6H3,(H,40,47)(H,41,42,43). The van der Waals surface area contributed by atoms with Crippen molar-refractivity contribution >= 4 is 28.6 Å². The van der Waals surface area contributed by atoms with Crippen molar-refractivity contribution in [3.05, 3.63) is 106 Å². The highest BCUT2D eigenvalue weighted by Crippen LogP contribution is 2.35. The summed E-state index contributed by atoms with van der Waals surface area (Å²) in [5.41, 5.74) is 2.11. The number of aryl methyl sites for hydroxylation is 2. The Labute approximate surface area is 271 Å². The van der Waals surface area contributed by atoms with E-state index in [0.29, 0.717) is 27.9 Å². The van der Waals surface area contributed by atoms with Crippen molar-refractivity contribution in [3.63, 3.8) is 0 Å². The van der Waals surface area contributed by atoms with E-state index in [0.717, 1.165) is 40.8 Å². The first-order valence-corrected chi connectivity index (χ1v) is 15.5. The maximum atomic E-state index is 15.2. The van der Waals surface area contributed by atoms with E-state index in [9.17, 15) is 9.59 Å². The molecule has 11 heteroatoms. The van der Waals surface area contributed by atoms with Gasteiger partial charge in [0.15, 0.2) is 5.65 Å². The monoisotopic (exact) mass is 637 g/mol. The number of pyridine rings is 2. The quantitative estimate of drug-likeness (QED) is 0.190. The molecule has 6 rings (SSSR count). The van der Waals surface area contributed by atoms with Crippen molar-refractivity contribution in [2.45, 2.75) is 71.5 Å². The second-order valence-electron chi connectivity index (χ2n) is 13.5. The molecule has 0 atom stereocenters. The zero-order valence-corrected chi connectivity index (χ0v) is 27.2. The third kappa shape index (κ3) is 6.62. The van der Waals surface area contributed by atoms with Gasteiger partial charge >= 0.3 is 0 Å². The Hall–Kier alpha value is -5.03. The highest BCUT2D eigenvalue weighted by molar-refractivity contribution is 6.04. The molecule has 2 aromatic carbocycles. The van der Waals surface area contributed by atoms with E-state index in [2.05, 4.69) is 48.6 Å². The van der Waals surface area contributed by atoms with Gasteiger partial charge < -0.3 is 16.0 Å². The fourth-order valence-corrected chi connectivity index (χ4v) is 6.67. The van der Waals surface area contributed by atoms with Crippen LogP contribution >= 0.6 is 0 Å². The van der Waals surface area contributed by atoms with Gasteiger partial charge in [0.1, 0.15) is 17.3 Å². The largest absolute Gasteiger partial charge is 0.351 e. The number of hydrogen-bond acceptors (Lipinski definition) is 7. The fourth-order valence-electron chi connectivity index (χ4n) is 6.67. The maximum Gasteiger partial charge on any atom is 0.257 e. The van der Waals surface area contributed by atoms with E-state index in [1.54, 1.807) is 30.3 Å². The summed E-state index contributed by atoms with van der Waals surface area (Å²) in [6.07, 6.45) is 3.02. The molecule has 4 heterocycles. The normalized spacial score (nSPS) is 15.8. The van der Waals surface area contributed by atoms with Gasteiger partial charge in [-0.05, 0) is 102 Å². The molecule has 0 aliphatic carbocycles. The van der Waals surface area contributed by atoms with Crippen LogP contribution in [0.25, 0.3) is 28.0 Å². The molecule has 0 bridgehead atoms. The summed E-state index contributed by atoms with van der Waals surface area (Å²) >= 11 is 0. The third-order valence-electron chi connectivity index (χ3n) is 8.36. The Morgan fingerprint density at radius 1 is 0.936 bits per heavy atom. The van der Waals surface area contributed by atoms with Gasteiger partial charge in [0.2, 0.25) is 5.95 Å². The van der Waals surface area contributed by atoms with Crippen molar-refractivity contribution in [1.82, 2.24) is 24.8 Å². The average molecular weight is 638 g/mol. The number of benzene rings is 2. The van der Waals surface area contributed by atoms with Crippen molar-refractivity contribution in [2.24, 2.45) is 0 Å². The number of anilines is 2. The lowest BCUT2D eigenvalue weighted by molar-refractivity contribution is 0.102. The molecular weight excluding hydrogens is 600 g/mol. The van der Waals surface area contributed by atoms with Gasteiger partial charge in [-0.15, -0.1) is 0 Å². The van der Waals surface area contributed by atoms with Crippen LogP contribution in [0.4, 0.5) is 20.4 Å². The van der Waals surface area contributed by atoms with Gasteiger partial charge in [-0.3, -0.25) is 19.1 Å². The van der Waals surface area contributed by atoms with Crippen molar-refractivity contribution < 1.29 is 13.6 Å².